The Balaban J connectivity index is 1.33. The van der Waals surface area contributed by atoms with Gasteiger partial charge in [-0.2, -0.15) is 5.10 Å². The zero-order valence-corrected chi connectivity index (χ0v) is 24.1. The molecule has 0 radical (unpaired) electrons. The zero-order chi connectivity index (χ0) is 28.1. The third-order valence-corrected chi connectivity index (χ3v) is 7.06. The number of aryl methyl sites for hydroxylation is 1. The molecule has 1 aliphatic rings. The van der Waals surface area contributed by atoms with Crippen LogP contribution in [0.4, 0.5) is 0 Å². The van der Waals surface area contributed by atoms with E-state index in [-0.39, 0.29) is 18.6 Å². The molecule has 10 heteroatoms. The average Bonchev–Trinajstić information content (AvgIpc) is 3.64. The van der Waals surface area contributed by atoms with Crippen LogP contribution >= 0.6 is 15.9 Å². The molecule has 1 aliphatic heterocycles. The number of hydrogen-bond donors (Lipinski definition) is 0. The molecule has 1 aromatic heterocycles. The second kappa shape index (κ2) is 12.3. The Morgan fingerprint density at radius 3 is 2.40 bits per heavy atom. The molecule has 5 rings (SSSR count). The predicted molar refractivity (Wildman–Crippen MR) is 154 cm³/mol. The molecule has 0 bridgehead atoms. The second-order valence-corrected chi connectivity index (χ2v) is 10.1. The van der Waals surface area contributed by atoms with E-state index in [1.165, 1.54) is 5.01 Å². The minimum Gasteiger partial charge on any atom is -0.493 e. The lowest BCUT2D eigenvalue weighted by Gasteiger charge is -2.23. The van der Waals surface area contributed by atoms with Crippen LogP contribution in [0.3, 0.4) is 0 Å². The quantitative estimate of drug-likeness (QED) is 0.212. The molecule has 2 heterocycles. The fourth-order valence-electron chi connectivity index (χ4n) is 4.47. The Kier molecular flexibility index (Phi) is 8.45. The number of methoxy groups -OCH3 is 2. The van der Waals surface area contributed by atoms with E-state index in [9.17, 15) is 4.79 Å². The maximum Gasteiger partial charge on any atom is 0.281 e. The Hall–Kier alpha value is -4.18. The highest BCUT2D eigenvalue weighted by Crippen LogP contribution is 2.37. The number of hydrazone groups is 1. The molecule has 0 spiro atoms. The standard InChI is InChI=1S/C30H29BrN4O5/c1-4-5-28-32-33-30(40-28)20-8-13-23(14-9-20)39-18-29(36)35-25(21-10-15-26(37-2)27(16-21)38-3)17-24(34-35)19-6-11-22(31)12-7-19/h6-16,25H,4-5,17-18H2,1-3H3. The number of rotatable bonds is 10. The van der Waals surface area contributed by atoms with Crippen molar-refractivity contribution < 1.29 is 23.4 Å². The molecule has 3 aromatic carbocycles. The number of hydrogen-bond acceptors (Lipinski definition) is 8. The van der Waals surface area contributed by atoms with Crippen LogP contribution in [-0.4, -0.2) is 47.7 Å². The van der Waals surface area contributed by atoms with E-state index < -0.39 is 0 Å². The molecule has 0 saturated carbocycles. The van der Waals surface area contributed by atoms with Crippen LogP contribution in [-0.2, 0) is 11.2 Å². The van der Waals surface area contributed by atoms with Gasteiger partial charge in [0, 0.05) is 22.9 Å². The van der Waals surface area contributed by atoms with Crippen LogP contribution in [0.15, 0.2) is 80.7 Å². The largest absolute Gasteiger partial charge is 0.493 e. The zero-order valence-electron chi connectivity index (χ0n) is 22.5. The van der Waals surface area contributed by atoms with Gasteiger partial charge in [0.2, 0.25) is 11.8 Å². The number of benzene rings is 3. The molecule has 1 unspecified atom stereocenters. The summed E-state index contributed by atoms with van der Waals surface area (Å²) >= 11 is 3.48. The van der Waals surface area contributed by atoms with E-state index in [4.69, 9.17) is 23.7 Å². The predicted octanol–water partition coefficient (Wildman–Crippen LogP) is 6.23. The van der Waals surface area contributed by atoms with E-state index in [1.807, 2.05) is 54.6 Å². The Bertz CT molecular complexity index is 1500. The number of aromatic nitrogens is 2. The normalized spacial score (nSPS) is 14.7. The smallest absolute Gasteiger partial charge is 0.281 e. The lowest BCUT2D eigenvalue weighted by molar-refractivity contribution is -0.135. The SMILES string of the molecule is CCCc1nnc(-c2ccc(OCC(=O)N3N=C(c4ccc(Br)cc4)CC3c3ccc(OC)c(OC)c3)cc2)o1. The maximum atomic E-state index is 13.5. The van der Waals surface area contributed by atoms with Crippen LogP contribution < -0.4 is 14.2 Å². The number of nitrogens with zero attached hydrogens (tertiary/aromatic N) is 4. The lowest BCUT2D eigenvalue weighted by Crippen LogP contribution is -2.31. The highest BCUT2D eigenvalue weighted by molar-refractivity contribution is 9.10. The topological polar surface area (TPSA) is 99.3 Å². The van der Waals surface area contributed by atoms with Gasteiger partial charge in [-0.3, -0.25) is 4.79 Å². The molecule has 0 aliphatic carbocycles. The van der Waals surface area contributed by atoms with Crippen molar-refractivity contribution in [2.75, 3.05) is 20.8 Å². The van der Waals surface area contributed by atoms with Gasteiger partial charge >= 0.3 is 0 Å². The molecule has 1 atom stereocenters. The molecule has 0 fully saturated rings. The molecular formula is C30H29BrN4O5. The van der Waals surface area contributed by atoms with Crippen LogP contribution in [0.2, 0.25) is 0 Å². The fraction of sp³-hybridized carbons (Fsp3) is 0.267. The van der Waals surface area contributed by atoms with E-state index in [1.54, 1.807) is 26.4 Å². The summed E-state index contributed by atoms with van der Waals surface area (Å²) in [4.78, 5) is 13.5. The Morgan fingerprint density at radius 2 is 1.70 bits per heavy atom. The average molecular weight is 605 g/mol. The summed E-state index contributed by atoms with van der Waals surface area (Å²) in [6.07, 6.45) is 2.21. The van der Waals surface area contributed by atoms with Crippen molar-refractivity contribution in [3.8, 4) is 28.7 Å². The number of ether oxygens (including phenoxy) is 3. The Labute approximate surface area is 240 Å². The van der Waals surface area contributed by atoms with Gasteiger partial charge in [-0.15, -0.1) is 10.2 Å². The fourth-order valence-corrected chi connectivity index (χ4v) is 4.73. The molecule has 4 aromatic rings. The van der Waals surface area contributed by atoms with Crippen molar-refractivity contribution in [2.45, 2.75) is 32.2 Å². The van der Waals surface area contributed by atoms with Crippen LogP contribution in [0.25, 0.3) is 11.5 Å². The first kappa shape index (κ1) is 27.4. The summed E-state index contributed by atoms with van der Waals surface area (Å²) in [5.74, 6) is 2.55. The van der Waals surface area contributed by atoms with E-state index in [0.29, 0.717) is 35.5 Å². The molecule has 40 heavy (non-hydrogen) atoms. The van der Waals surface area contributed by atoms with Crippen molar-refractivity contribution in [1.82, 2.24) is 15.2 Å². The molecule has 0 N–H and O–H groups in total. The van der Waals surface area contributed by atoms with E-state index in [2.05, 4.69) is 33.1 Å². The minimum absolute atomic E-state index is 0.179. The van der Waals surface area contributed by atoms with Gasteiger partial charge in [-0.05, 0) is 66.1 Å². The van der Waals surface area contributed by atoms with Gasteiger partial charge in [0.05, 0.1) is 26.0 Å². The first-order valence-corrected chi connectivity index (χ1v) is 13.7. The van der Waals surface area contributed by atoms with Gasteiger partial charge in [-0.25, -0.2) is 5.01 Å². The summed E-state index contributed by atoms with van der Waals surface area (Å²) in [7, 11) is 3.18. The molecule has 1 amide bonds. The first-order chi connectivity index (χ1) is 19.5. The summed E-state index contributed by atoms with van der Waals surface area (Å²) in [6, 6.07) is 20.4. The van der Waals surface area contributed by atoms with Crippen molar-refractivity contribution in [3.05, 3.63) is 88.2 Å². The minimum atomic E-state index is -0.327. The summed E-state index contributed by atoms with van der Waals surface area (Å²) < 4.78 is 23.4. The molecule has 0 saturated heterocycles. The monoisotopic (exact) mass is 604 g/mol. The Morgan fingerprint density at radius 1 is 0.975 bits per heavy atom. The van der Waals surface area contributed by atoms with Gasteiger partial charge in [0.25, 0.3) is 5.91 Å². The third-order valence-electron chi connectivity index (χ3n) is 6.53. The number of carbonyl (C=O) groups is 1. The molecule has 206 valence electrons. The number of carbonyl (C=O) groups excluding carboxylic acids is 1. The number of halogens is 1. The van der Waals surface area contributed by atoms with Gasteiger partial charge in [-0.1, -0.05) is 41.1 Å². The number of amides is 1. The van der Waals surface area contributed by atoms with Gasteiger partial charge < -0.3 is 18.6 Å². The van der Waals surface area contributed by atoms with Crippen molar-refractivity contribution >= 4 is 27.5 Å². The van der Waals surface area contributed by atoms with Gasteiger partial charge in [0.1, 0.15) is 5.75 Å². The first-order valence-electron chi connectivity index (χ1n) is 12.9. The van der Waals surface area contributed by atoms with E-state index >= 15 is 0 Å². The van der Waals surface area contributed by atoms with Crippen molar-refractivity contribution in [2.24, 2.45) is 5.10 Å². The van der Waals surface area contributed by atoms with E-state index in [0.717, 1.165) is 39.7 Å². The molecule has 9 nitrogen and oxygen atoms in total. The van der Waals surface area contributed by atoms with Crippen LogP contribution in [0.5, 0.6) is 17.2 Å². The van der Waals surface area contributed by atoms with Crippen LogP contribution in [0.1, 0.15) is 42.8 Å². The van der Waals surface area contributed by atoms with Gasteiger partial charge in [0.15, 0.2) is 18.1 Å². The molecular weight excluding hydrogens is 576 g/mol. The second-order valence-electron chi connectivity index (χ2n) is 9.19. The third kappa shape index (κ3) is 6.02. The lowest BCUT2D eigenvalue weighted by atomic mass is 9.98. The summed E-state index contributed by atoms with van der Waals surface area (Å²) in [5, 5.41) is 14.4. The summed E-state index contributed by atoms with van der Waals surface area (Å²) in [6.45, 7) is 1.88. The maximum absolute atomic E-state index is 13.5. The summed E-state index contributed by atoms with van der Waals surface area (Å²) in [5.41, 5.74) is 3.43. The van der Waals surface area contributed by atoms with Crippen molar-refractivity contribution in [3.63, 3.8) is 0 Å². The highest BCUT2D eigenvalue weighted by atomic mass is 79.9. The highest BCUT2D eigenvalue weighted by Gasteiger charge is 2.34. The van der Waals surface area contributed by atoms with Crippen LogP contribution in [0, 0.1) is 0 Å². The van der Waals surface area contributed by atoms with Crippen molar-refractivity contribution in [1.29, 1.82) is 0 Å².